The predicted octanol–water partition coefficient (Wildman–Crippen LogP) is 2.28. The van der Waals surface area contributed by atoms with E-state index in [9.17, 15) is 4.79 Å². The number of aromatic nitrogens is 1. The molecule has 0 spiro atoms. The zero-order valence-electron chi connectivity index (χ0n) is 15.2. The lowest BCUT2D eigenvalue weighted by molar-refractivity contribution is -0.120. The molecule has 1 aliphatic rings. The van der Waals surface area contributed by atoms with Crippen LogP contribution in [0.4, 0.5) is 0 Å². The van der Waals surface area contributed by atoms with Gasteiger partial charge in [-0.15, -0.1) is 0 Å². The van der Waals surface area contributed by atoms with Crippen LogP contribution in [0.25, 0.3) is 0 Å². The van der Waals surface area contributed by atoms with E-state index in [2.05, 4.69) is 27.3 Å². The summed E-state index contributed by atoms with van der Waals surface area (Å²) in [4.78, 5) is 17.0. The first-order chi connectivity index (χ1) is 12.5. The molecule has 7 heteroatoms. The van der Waals surface area contributed by atoms with Gasteiger partial charge in [0.25, 0.3) is 0 Å². The van der Waals surface area contributed by atoms with Crippen molar-refractivity contribution in [1.82, 2.24) is 20.3 Å². The summed E-state index contributed by atoms with van der Waals surface area (Å²) in [7, 11) is 2.14. The molecule has 1 aromatic carbocycles. The number of hydrogen-bond acceptors (Lipinski definition) is 5. The summed E-state index contributed by atoms with van der Waals surface area (Å²) in [5.74, 6) is 0.663. The minimum atomic E-state index is -0.0496. The Morgan fingerprint density at radius 3 is 2.58 bits per heavy atom. The first kappa shape index (κ1) is 18.9. The first-order valence-corrected chi connectivity index (χ1v) is 9.26. The fourth-order valence-corrected chi connectivity index (χ4v) is 3.34. The van der Waals surface area contributed by atoms with Gasteiger partial charge in [-0.3, -0.25) is 9.69 Å². The average Bonchev–Trinajstić information content (AvgIpc) is 3.03. The van der Waals surface area contributed by atoms with Gasteiger partial charge in [0.2, 0.25) is 5.91 Å². The molecule has 1 atom stereocenters. The minimum Gasteiger partial charge on any atom is -0.361 e. The average molecular weight is 377 g/mol. The maximum absolute atomic E-state index is 12.3. The smallest absolute Gasteiger partial charge is 0.226 e. The van der Waals surface area contributed by atoms with Crippen molar-refractivity contribution in [2.45, 2.75) is 19.4 Å². The standard InChI is InChI=1S/C19H25ClN4O2/c1-14-11-17(22-26-14)12-19(25)21-13-18(15-3-5-16(20)6-4-15)24-9-7-23(2)8-10-24/h3-6,11,18H,7-10,12-13H2,1-2H3,(H,21,25). The van der Waals surface area contributed by atoms with Gasteiger partial charge in [-0.1, -0.05) is 28.9 Å². The zero-order valence-corrected chi connectivity index (χ0v) is 16.0. The fourth-order valence-electron chi connectivity index (χ4n) is 3.22. The third-order valence-corrected chi connectivity index (χ3v) is 5.00. The van der Waals surface area contributed by atoms with E-state index in [0.717, 1.165) is 36.8 Å². The summed E-state index contributed by atoms with van der Waals surface area (Å²) >= 11 is 6.04. The molecule has 6 nitrogen and oxygen atoms in total. The topological polar surface area (TPSA) is 61.6 Å². The third kappa shape index (κ3) is 5.06. The number of carbonyl (C=O) groups is 1. The van der Waals surface area contributed by atoms with E-state index in [-0.39, 0.29) is 18.4 Å². The van der Waals surface area contributed by atoms with Crippen molar-refractivity contribution in [1.29, 1.82) is 0 Å². The van der Waals surface area contributed by atoms with Crippen LogP contribution < -0.4 is 5.32 Å². The number of nitrogens with one attached hydrogen (secondary N) is 1. The zero-order chi connectivity index (χ0) is 18.5. The lowest BCUT2D eigenvalue weighted by Gasteiger charge is -2.38. The van der Waals surface area contributed by atoms with Crippen molar-refractivity contribution in [3.63, 3.8) is 0 Å². The molecule has 1 aromatic heterocycles. The van der Waals surface area contributed by atoms with Crippen LogP contribution in [0.1, 0.15) is 23.1 Å². The molecule has 0 radical (unpaired) electrons. The predicted molar refractivity (Wildman–Crippen MR) is 101 cm³/mol. The van der Waals surface area contributed by atoms with Crippen molar-refractivity contribution < 1.29 is 9.32 Å². The van der Waals surface area contributed by atoms with E-state index in [1.165, 1.54) is 0 Å². The molecule has 2 aromatic rings. The number of amides is 1. The van der Waals surface area contributed by atoms with Crippen LogP contribution in [-0.4, -0.2) is 60.6 Å². The Balaban J connectivity index is 1.65. The molecule has 140 valence electrons. The molecule has 1 saturated heterocycles. The molecule has 1 N–H and O–H groups in total. The number of hydrogen-bond donors (Lipinski definition) is 1. The van der Waals surface area contributed by atoms with E-state index >= 15 is 0 Å². The van der Waals surface area contributed by atoms with Gasteiger partial charge in [-0.2, -0.15) is 0 Å². The van der Waals surface area contributed by atoms with E-state index < -0.39 is 0 Å². The summed E-state index contributed by atoms with van der Waals surface area (Å²) in [5, 5.41) is 7.65. The molecule has 1 amide bonds. The highest BCUT2D eigenvalue weighted by molar-refractivity contribution is 6.30. The minimum absolute atomic E-state index is 0.0496. The Hall–Kier alpha value is -1.89. The van der Waals surface area contributed by atoms with Crippen molar-refractivity contribution in [3.8, 4) is 0 Å². The van der Waals surface area contributed by atoms with E-state index in [1.54, 1.807) is 6.07 Å². The molecule has 2 heterocycles. The Labute approximate surface area is 159 Å². The summed E-state index contributed by atoms with van der Waals surface area (Å²) in [5.41, 5.74) is 1.82. The molecule has 1 aliphatic heterocycles. The molecule has 0 saturated carbocycles. The van der Waals surface area contributed by atoms with Crippen LogP contribution in [0.2, 0.25) is 5.02 Å². The van der Waals surface area contributed by atoms with Crippen LogP contribution >= 0.6 is 11.6 Å². The Morgan fingerprint density at radius 2 is 1.96 bits per heavy atom. The van der Waals surface area contributed by atoms with Crippen molar-refractivity contribution in [3.05, 3.63) is 52.4 Å². The van der Waals surface area contributed by atoms with Gasteiger partial charge in [0.05, 0.1) is 18.2 Å². The summed E-state index contributed by atoms with van der Waals surface area (Å²) in [6.07, 6.45) is 0.230. The van der Waals surface area contributed by atoms with Gasteiger partial charge in [0, 0.05) is 43.8 Å². The number of nitrogens with zero attached hydrogens (tertiary/aromatic N) is 3. The van der Waals surface area contributed by atoms with E-state index in [1.807, 2.05) is 31.2 Å². The number of rotatable bonds is 6. The number of likely N-dealkylation sites (N-methyl/N-ethyl adjacent to an activating group) is 1. The molecule has 0 aliphatic carbocycles. The van der Waals surface area contributed by atoms with Gasteiger partial charge in [-0.25, -0.2) is 0 Å². The summed E-state index contributed by atoms with van der Waals surface area (Å²) in [6.45, 7) is 6.37. The fraction of sp³-hybridized carbons (Fsp3) is 0.474. The maximum atomic E-state index is 12.3. The Morgan fingerprint density at radius 1 is 1.27 bits per heavy atom. The van der Waals surface area contributed by atoms with Crippen LogP contribution in [0.3, 0.4) is 0 Å². The number of aryl methyl sites for hydroxylation is 1. The molecule has 1 fully saturated rings. The monoisotopic (exact) mass is 376 g/mol. The highest BCUT2D eigenvalue weighted by Crippen LogP contribution is 2.23. The normalized spacial score (nSPS) is 17.2. The van der Waals surface area contributed by atoms with Crippen molar-refractivity contribution in [2.75, 3.05) is 39.8 Å². The lowest BCUT2D eigenvalue weighted by Crippen LogP contribution is -2.48. The van der Waals surface area contributed by atoms with Gasteiger partial charge < -0.3 is 14.7 Å². The summed E-state index contributed by atoms with van der Waals surface area (Å²) in [6, 6.07) is 9.80. The highest BCUT2D eigenvalue weighted by Gasteiger charge is 2.24. The van der Waals surface area contributed by atoms with E-state index in [0.29, 0.717) is 18.0 Å². The molecular weight excluding hydrogens is 352 g/mol. The van der Waals surface area contributed by atoms with Gasteiger partial charge in [0.15, 0.2) is 0 Å². The van der Waals surface area contributed by atoms with Gasteiger partial charge in [-0.05, 0) is 31.7 Å². The molecule has 3 rings (SSSR count). The largest absolute Gasteiger partial charge is 0.361 e. The quantitative estimate of drug-likeness (QED) is 0.838. The number of halogens is 1. The van der Waals surface area contributed by atoms with Crippen molar-refractivity contribution >= 4 is 17.5 Å². The van der Waals surface area contributed by atoms with Crippen LogP contribution in [0.15, 0.2) is 34.9 Å². The van der Waals surface area contributed by atoms with Gasteiger partial charge >= 0.3 is 0 Å². The van der Waals surface area contributed by atoms with Crippen LogP contribution in [0, 0.1) is 6.92 Å². The number of piperazine rings is 1. The van der Waals surface area contributed by atoms with Crippen LogP contribution in [0.5, 0.6) is 0 Å². The van der Waals surface area contributed by atoms with Crippen molar-refractivity contribution in [2.24, 2.45) is 0 Å². The second-order valence-electron chi connectivity index (χ2n) is 6.82. The lowest BCUT2D eigenvalue weighted by atomic mass is 10.0. The second kappa shape index (κ2) is 8.66. The first-order valence-electron chi connectivity index (χ1n) is 8.88. The SMILES string of the molecule is Cc1cc(CC(=O)NCC(c2ccc(Cl)cc2)N2CCN(C)CC2)no1. The second-order valence-corrected chi connectivity index (χ2v) is 7.25. The summed E-state index contributed by atoms with van der Waals surface area (Å²) < 4.78 is 5.02. The molecule has 0 bridgehead atoms. The Bertz CT molecular complexity index is 723. The number of benzene rings is 1. The molecule has 1 unspecified atom stereocenters. The highest BCUT2D eigenvalue weighted by atomic mass is 35.5. The molecule has 26 heavy (non-hydrogen) atoms. The maximum Gasteiger partial charge on any atom is 0.226 e. The third-order valence-electron chi connectivity index (χ3n) is 4.74. The van der Waals surface area contributed by atoms with E-state index in [4.69, 9.17) is 16.1 Å². The molecular formula is C19H25ClN4O2. The number of carbonyl (C=O) groups excluding carboxylic acids is 1. The Kier molecular flexibility index (Phi) is 6.29. The van der Waals surface area contributed by atoms with Gasteiger partial charge in [0.1, 0.15) is 5.76 Å². The van der Waals surface area contributed by atoms with Crippen LogP contribution in [-0.2, 0) is 11.2 Å².